The number of nitrogens with one attached hydrogen (secondary N) is 1. The van der Waals surface area contributed by atoms with Gasteiger partial charge in [-0.1, -0.05) is 30.7 Å². The molecule has 0 amide bonds. The van der Waals surface area contributed by atoms with Crippen LogP contribution < -0.4 is 5.32 Å². The first-order valence-electron chi connectivity index (χ1n) is 6.43. The summed E-state index contributed by atoms with van der Waals surface area (Å²) in [6.07, 6.45) is 1.20. The molecule has 1 heterocycles. The molecule has 2 rings (SSSR count). The zero-order valence-corrected chi connectivity index (χ0v) is 11.4. The zero-order chi connectivity index (χ0) is 12.3. The number of hydrogen-bond acceptors (Lipinski definition) is 2. The Morgan fingerprint density at radius 1 is 1.41 bits per heavy atom. The van der Waals surface area contributed by atoms with Crippen molar-refractivity contribution in [2.45, 2.75) is 32.4 Å². The van der Waals surface area contributed by atoms with E-state index in [-0.39, 0.29) is 0 Å². The Hall–Kier alpha value is -0.570. The molecule has 1 fully saturated rings. The largest absolute Gasteiger partial charge is 0.311 e. The number of rotatable bonds is 3. The van der Waals surface area contributed by atoms with E-state index in [9.17, 15) is 0 Å². The Balaban J connectivity index is 2.03. The summed E-state index contributed by atoms with van der Waals surface area (Å²) in [7, 11) is 0. The second-order valence-corrected chi connectivity index (χ2v) is 5.22. The Bertz CT molecular complexity index is 350. The van der Waals surface area contributed by atoms with Gasteiger partial charge in [0.1, 0.15) is 0 Å². The lowest BCUT2D eigenvalue weighted by Gasteiger charge is -2.37. The molecule has 2 atom stereocenters. The van der Waals surface area contributed by atoms with E-state index in [0.717, 1.165) is 24.7 Å². The smallest absolute Gasteiger partial charge is 0.0406 e. The van der Waals surface area contributed by atoms with E-state index in [0.29, 0.717) is 12.1 Å². The summed E-state index contributed by atoms with van der Waals surface area (Å²) in [6, 6.07) is 9.34. The Morgan fingerprint density at radius 3 is 2.76 bits per heavy atom. The van der Waals surface area contributed by atoms with Crippen molar-refractivity contribution in [2.75, 3.05) is 19.6 Å². The summed E-state index contributed by atoms with van der Waals surface area (Å²) in [5.41, 5.74) is 1.35. The normalized spacial score (nSPS) is 23.6. The molecule has 0 aromatic heterocycles. The molecule has 0 bridgehead atoms. The van der Waals surface area contributed by atoms with E-state index in [1.54, 1.807) is 0 Å². The molecule has 0 saturated carbocycles. The van der Waals surface area contributed by atoms with Gasteiger partial charge in [-0.05, 0) is 31.0 Å². The van der Waals surface area contributed by atoms with Crippen molar-refractivity contribution >= 4 is 11.6 Å². The SMILES string of the molecule is CCC1CN(C(C)c2ccc(Cl)cc2)CCN1. The minimum Gasteiger partial charge on any atom is -0.311 e. The predicted octanol–water partition coefficient (Wildman–Crippen LogP) is 3.08. The molecular formula is C14H21ClN2. The van der Waals surface area contributed by atoms with E-state index < -0.39 is 0 Å². The summed E-state index contributed by atoms with van der Waals surface area (Å²) in [5, 5.41) is 4.36. The third-order valence-corrected chi connectivity index (χ3v) is 3.93. The van der Waals surface area contributed by atoms with Gasteiger partial charge in [-0.2, -0.15) is 0 Å². The van der Waals surface area contributed by atoms with Crippen LogP contribution in [0.3, 0.4) is 0 Å². The van der Waals surface area contributed by atoms with Crippen molar-refractivity contribution in [2.24, 2.45) is 0 Å². The van der Waals surface area contributed by atoms with Crippen LogP contribution in [0.25, 0.3) is 0 Å². The third kappa shape index (κ3) is 3.21. The van der Waals surface area contributed by atoms with E-state index in [4.69, 9.17) is 11.6 Å². The van der Waals surface area contributed by atoms with Crippen LogP contribution >= 0.6 is 11.6 Å². The van der Waals surface area contributed by atoms with Crippen molar-refractivity contribution in [1.82, 2.24) is 10.2 Å². The topological polar surface area (TPSA) is 15.3 Å². The van der Waals surface area contributed by atoms with Gasteiger partial charge in [0.05, 0.1) is 0 Å². The van der Waals surface area contributed by atoms with Crippen LogP contribution in [0.15, 0.2) is 24.3 Å². The van der Waals surface area contributed by atoms with Crippen molar-refractivity contribution < 1.29 is 0 Å². The van der Waals surface area contributed by atoms with Gasteiger partial charge < -0.3 is 5.32 Å². The predicted molar refractivity (Wildman–Crippen MR) is 73.5 cm³/mol. The fourth-order valence-corrected chi connectivity index (χ4v) is 2.55. The van der Waals surface area contributed by atoms with Crippen LogP contribution in [0, 0.1) is 0 Å². The Kier molecular flexibility index (Phi) is 4.43. The lowest BCUT2D eigenvalue weighted by molar-refractivity contribution is 0.151. The second kappa shape index (κ2) is 5.85. The fraction of sp³-hybridized carbons (Fsp3) is 0.571. The molecular weight excluding hydrogens is 232 g/mol. The fourth-order valence-electron chi connectivity index (χ4n) is 2.43. The molecule has 94 valence electrons. The quantitative estimate of drug-likeness (QED) is 0.890. The molecule has 1 N–H and O–H groups in total. The standard InChI is InChI=1S/C14H21ClN2/c1-3-14-10-17(9-8-16-14)11(2)12-4-6-13(15)7-5-12/h4-7,11,14,16H,3,8-10H2,1-2H3. The van der Waals surface area contributed by atoms with E-state index in [1.165, 1.54) is 12.0 Å². The summed E-state index contributed by atoms with van der Waals surface area (Å²) < 4.78 is 0. The number of piperazine rings is 1. The van der Waals surface area contributed by atoms with Crippen molar-refractivity contribution in [1.29, 1.82) is 0 Å². The molecule has 17 heavy (non-hydrogen) atoms. The van der Waals surface area contributed by atoms with Crippen LogP contribution in [-0.4, -0.2) is 30.6 Å². The number of nitrogens with zero attached hydrogens (tertiary/aromatic N) is 1. The van der Waals surface area contributed by atoms with Gasteiger partial charge in [0, 0.05) is 36.7 Å². The molecule has 1 aliphatic heterocycles. The number of benzene rings is 1. The average molecular weight is 253 g/mol. The minimum absolute atomic E-state index is 0.475. The van der Waals surface area contributed by atoms with Crippen LogP contribution in [-0.2, 0) is 0 Å². The number of hydrogen-bond donors (Lipinski definition) is 1. The maximum Gasteiger partial charge on any atom is 0.0406 e. The van der Waals surface area contributed by atoms with E-state index in [1.807, 2.05) is 12.1 Å². The van der Waals surface area contributed by atoms with Gasteiger partial charge in [-0.15, -0.1) is 0 Å². The van der Waals surface area contributed by atoms with Gasteiger partial charge in [0.2, 0.25) is 0 Å². The van der Waals surface area contributed by atoms with Gasteiger partial charge >= 0.3 is 0 Å². The maximum atomic E-state index is 5.92. The Labute approximate surface area is 109 Å². The highest BCUT2D eigenvalue weighted by atomic mass is 35.5. The van der Waals surface area contributed by atoms with Crippen molar-refractivity contribution in [3.63, 3.8) is 0 Å². The van der Waals surface area contributed by atoms with Crippen molar-refractivity contribution in [3.05, 3.63) is 34.9 Å². The molecule has 1 aromatic rings. The first-order chi connectivity index (χ1) is 8.20. The molecule has 1 aromatic carbocycles. The third-order valence-electron chi connectivity index (χ3n) is 3.68. The van der Waals surface area contributed by atoms with Crippen LogP contribution in [0.2, 0.25) is 5.02 Å². The van der Waals surface area contributed by atoms with Crippen molar-refractivity contribution in [3.8, 4) is 0 Å². The molecule has 1 aliphatic rings. The molecule has 2 nitrogen and oxygen atoms in total. The minimum atomic E-state index is 0.475. The number of halogens is 1. The molecule has 1 saturated heterocycles. The van der Waals surface area contributed by atoms with Gasteiger partial charge in [0.15, 0.2) is 0 Å². The molecule has 3 heteroatoms. The van der Waals surface area contributed by atoms with Gasteiger partial charge in [-0.3, -0.25) is 4.90 Å². The van der Waals surface area contributed by atoms with E-state index in [2.05, 4.69) is 36.2 Å². The maximum absolute atomic E-state index is 5.92. The van der Waals surface area contributed by atoms with Crippen LogP contribution in [0.5, 0.6) is 0 Å². The van der Waals surface area contributed by atoms with Crippen LogP contribution in [0.4, 0.5) is 0 Å². The lowest BCUT2D eigenvalue weighted by Crippen LogP contribution is -2.50. The average Bonchev–Trinajstić information content (AvgIpc) is 2.39. The molecule has 0 aliphatic carbocycles. The lowest BCUT2D eigenvalue weighted by atomic mass is 10.0. The van der Waals surface area contributed by atoms with E-state index >= 15 is 0 Å². The summed E-state index contributed by atoms with van der Waals surface area (Å²) in [4.78, 5) is 2.55. The monoisotopic (exact) mass is 252 g/mol. The Morgan fingerprint density at radius 2 is 2.12 bits per heavy atom. The highest BCUT2D eigenvalue weighted by molar-refractivity contribution is 6.30. The summed E-state index contributed by atoms with van der Waals surface area (Å²) in [5.74, 6) is 0. The molecule has 0 spiro atoms. The van der Waals surface area contributed by atoms with Gasteiger partial charge in [-0.25, -0.2) is 0 Å². The first kappa shape index (κ1) is 12.9. The molecule has 0 radical (unpaired) electrons. The highest BCUT2D eigenvalue weighted by Gasteiger charge is 2.22. The highest BCUT2D eigenvalue weighted by Crippen LogP contribution is 2.23. The first-order valence-corrected chi connectivity index (χ1v) is 6.81. The zero-order valence-electron chi connectivity index (χ0n) is 10.6. The summed E-state index contributed by atoms with van der Waals surface area (Å²) >= 11 is 5.92. The van der Waals surface area contributed by atoms with Crippen LogP contribution in [0.1, 0.15) is 31.9 Å². The van der Waals surface area contributed by atoms with Gasteiger partial charge in [0.25, 0.3) is 0 Å². The second-order valence-electron chi connectivity index (χ2n) is 4.78. The molecule has 2 unspecified atom stereocenters. The summed E-state index contributed by atoms with van der Waals surface area (Å²) in [6.45, 7) is 7.88.